The Morgan fingerprint density at radius 2 is 1.75 bits per heavy atom. The molecule has 3 aliphatic heterocycles. The number of hydrogen-bond donors (Lipinski definition) is 1. The zero-order chi connectivity index (χ0) is 34.3. The largest absolute Gasteiger partial charge is 0.493 e. The van der Waals surface area contributed by atoms with E-state index < -0.39 is 35.8 Å². The van der Waals surface area contributed by atoms with Gasteiger partial charge in [-0.1, -0.05) is 30.7 Å². The van der Waals surface area contributed by atoms with Crippen molar-refractivity contribution in [3.05, 3.63) is 70.9 Å². The van der Waals surface area contributed by atoms with Crippen LogP contribution in [0.5, 0.6) is 5.75 Å². The zero-order valence-corrected chi connectivity index (χ0v) is 27.5. The Hall–Kier alpha value is -4.52. The monoisotopic (exact) mass is 684 g/mol. The number of piperazine rings is 1. The first kappa shape index (κ1) is 33.4. The maximum atomic E-state index is 14.0. The molecular weight excluding hydrogens is 649 g/mol. The Morgan fingerprint density at radius 1 is 1.00 bits per heavy atom. The van der Waals surface area contributed by atoms with Crippen molar-refractivity contribution in [3.8, 4) is 17.0 Å². The maximum Gasteiger partial charge on any atom is 0.418 e. The molecule has 10 nitrogen and oxygen atoms in total. The lowest BCUT2D eigenvalue weighted by Crippen LogP contribution is -2.58. The van der Waals surface area contributed by atoms with Crippen LogP contribution in [0.4, 0.5) is 29.3 Å². The van der Waals surface area contributed by atoms with Crippen molar-refractivity contribution in [1.82, 2.24) is 20.1 Å². The Labute approximate surface area is 281 Å². The molecule has 0 bridgehead atoms. The van der Waals surface area contributed by atoms with Gasteiger partial charge in [0.1, 0.15) is 5.75 Å². The molecule has 0 unspecified atom stereocenters. The fraction of sp³-hybridized carbons (Fsp3) is 0.412. The van der Waals surface area contributed by atoms with Crippen molar-refractivity contribution in [2.75, 3.05) is 49.6 Å². The molecule has 6 rings (SSSR count). The summed E-state index contributed by atoms with van der Waals surface area (Å²) in [5.41, 5.74) is 0.667. The van der Waals surface area contributed by atoms with Crippen molar-refractivity contribution in [2.24, 2.45) is 0 Å². The minimum Gasteiger partial charge on any atom is -0.493 e. The van der Waals surface area contributed by atoms with Gasteiger partial charge in [0, 0.05) is 56.3 Å². The van der Waals surface area contributed by atoms with E-state index in [2.05, 4.69) is 5.32 Å². The highest BCUT2D eigenvalue weighted by Crippen LogP contribution is 2.41. The number of para-hydroxylation sites is 1. The van der Waals surface area contributed by atoms with E-state index in [9.17, 15) is 27.6 Å². The number of alkyl halides is 3. The summed E-state index contributed by atoms with van der Waals surface area (Å²) in [6, 6.07) is 12.8. The molecule has 3 saturated heterocycles. The van der Waals surface area contributed by atoms with Gasteiger partial charge in [0.05, 0.1) is 41.3 Å². The van der Waals surface area contributed by atoms with Gasteiger partial charge in [-0.15, -0.1) is 0 Å². The topological polar surface area (TPSA) is 98.3 Å². The summed E-state index contributed by atoms with van der Waals surface area (Å²) >= 11 is 5.91. The van der Waals surface area contributed by atoms with Crippen LogP contribution >= 0.6 is 11.6 Å². The van der Waals surface area contributed by atoms with E-state index >= 15 is 0 Å². The summed E-state index contributed by atoms with van der Waals surface area (Å²) in [7, 11) is 1.68. The summed E-state index contributed by atoms with van der Waals surface area (Å²) < 4.78 is 47.9. The molecule has 0 spiro atoms. The van der Waals surface area contributed by atoms with Gasteiger partial charge in [-0.3, -0.25) is 14.5 Å². The van der Waals surface area contributed by atoms with Gasteiger partial charge in [0.15, 0.2) is 5.69 Å². The first-order chi connectivity index (χ1) is 22.9. The van der Waals surface area contributed by atoms with E-state index in [0.29, 0.717) is 42.3 Å². The highest BCUT2D eigenvalue weighted by molar-refractivity contribution is 6.30. The first-order valence-electron chi connectivity index (χ1n) is 15.9. The van der Waals surface area contributed by atoms with Crippen molar-refractivity contribution >= 4 is 40.8 Å². The minimum absolute atomic E-state index is 0.0156. The molecule has 1 N–H and O–H groups in total. The molecule has 48 heavy (non-hydrogen) atoms. The van der Waals surface area contributed by atoms with Crippen molar-refractivity contribution < 1.29 is 32.3 Å². The molecule has 1 aromatic heterocycles. The summed E-state index contributed by atoms with van der Waals surface area (Å²) in [4.78, 5) is 51.1. The molecule has 3 aromatic rings. The molecule has 2 aromatic carbocycles. The van der Waals surface area contributed by atoms with Crippen LogP contribution in [0, 0.1) is 0 Å². The molecule has 3 fully saturated rings. The van der Waals surface area contributed by atoms with E-state index in [1.54, 1.807) is 16.8 Å². The summed E-state index contributed by atoms with van der Waals surface area (Å²) in [5.74, 6) is 0.0887. The molecule has 3 atom stereocenters. The fourth-order valence-electron chi connectivity index (χ4n) is 6.77. The van der Waals surface area contributed by atoms with Gasteiger partial charge in [-0.05, 0) is 55.8 Å². The van der Waals surface area contributed by atoms with E-state index in [1.807, 2.05) is 55.1 Å². The quantitative estimate of drug-likeness (QED) is 0.328. The van der Waals surface area contributed by atoms with Gasteiger partial charge in [0.2, 0.25) is 5.91 Å². The summed E-state index contributed by atoms with van der Waals surface area (Å²) in [5, 5.41) is 2.90. The SMILES string of the molecule is CCOc1ccccc1-c1ccc(N2C[C@H]3CN(c4ccc(Cl)cc4C(F)(F)F)C(=O)N3C[C@H]2CC)c(C(=O)N[C@@H]2CC(=O)N(C)C2)n1. The second kappa shape index (κ2) is 13.2. The lowest BCUT2D eigenvalue weighted by molar-refractivity contribution is -0.137. The molecule has 3 aliphatic rings. The molecular formula is C34H36ClF3N6O4. The Morgan fingerprint density at radius 3 is 2.44 bits per heavy atom. The standard InChI is InChI=1S/C34H36ClF3N6O4/c1-4-22-17-43-23(19-44(33(43)47)27-12-10-20(35)14-25(27)34(36,37)38)18-42(22)28-13-11-26(24-8-6-7-9-29(24)48-5-2)40-31(28)32(46)39-21-15-30(45)41(3)16-21/h6-14,21-23H,4-5,15-19H2,1-3H3,(H,39,46)/t21-,22-,23+/m1/s1. The lowest BCUT2D eigenvalue weighted by Gasteiger charge is -2.44. The average molecular weight is 685 g/mol. The van der Waals surface area contributed by atoms with Crippen LogP contribution < -0.4 is 19.9 Å². The number of anilines is 2. The number of hydrogen-bond acceptors (Lipinski definition) is 6. The molecule has 0 saturated carbocycles. The van der Waals surface area contributed by atoms with E-state index in [1.165, 1.54) is 12.1 Å². The summed E-state index contributed by atoms with van der Waals surface area (Å²) in [6.07, 6.45) is -3.95. The van der Waals surface area contributed by atoms with Gasteiger partial charge in [0.25, 0.3) is 5.91 Å². The molecule has 254 valence electrons. The first-order valence-corrected chi connectivity index (χ1v) is 16.3. The van der Waals surface area contributed by atoms with Crippen LogP contribution in [0.1, 0.15) is 42.7 Å². The Bertz CT molecular complexity index is 1740. The van der Waals surface area contributed by atoms with Crippen LogP contribution in [-0.2, 0) is 11.0 Å². The number of fused-ring (bicyclic) bond motifs is 1. The second-order valence-corrected chi connectivity index (χ2v) is 12.7. The second-order valence-electron chi connectivity index (χ2n) is 12.2. The average Bonchev–Trinajstić information content (AvgIpc) is 3.55. The van der Waals surface area contributed by atoms with Crippen LogP contribution in [0.15, 0.2) is 54.6 Å². The van der Waals surface area contributed by atoms with E-state index in [4.69, 9.17) is 21.3 Å². The van der Waals surface area contributed by atoms with Gasteiger partial charge < -0.3 is 24.8 Å². The van der Waals surface area contributed by atoms with Crippen LogP contribution in [0.3, 0.4) is 0 Å². The number of benzene rings is 2. The van der Waals surface area contributed by atoms with Gasteiger partial charge in [-0.25, -0.2) is 9.78 Å². The predicted octanol–water partition coefficient (Wildman–Crippen LogP) is 5.69. The van der Waals surface area contributed by atoms with Crippen molar-refractivity contribution in [2.45, 2.75) is 51.0 Å². The normalized spacial score (nSPS) is 21.2. The number of amides is 4. The zero-order valence-electron chi connectivity index (χ0n) is 26.8. The number of carbonyl (C=O) groups is 3. The smallest absolute Gasteiger partial charge is 0.418 e. The molecule has 0 aliphatic carbocycles. The van der Waals surface area contributed by atoms with Crippen molar-refractivity contribution in [1.29, 1.82) is 0 Å². The van der Waals surface area contributed by atoms with Gasteiger partial charge >= 0.3 is 12.2 Å². The van der Waals surface area contributed by atoms with Crippen LogP contribution in [0.25, 0.3) is 11.3 Å². The summed E-state index contributed by atoms with van der Waals surface area (Å²) in [6.45, 7) is 5.15. The van der Waals surface area contributed by atoms with Crippen LogP contribution in [-0.4, -0.2) is 90.6 Å². The molecule has 0 radical (unpaired) electrons. The number of aromatic nitrogens is 1. The number of nitrogens with zero attached hydrogens (tertiary/aromatic N) is 5. The molecule has 14 heteroatoms. The number of nitrogens with one attached hydrogen (secondary N) is 1. The number of pyridine rings is 1. The predicted molar refractivity (Wildman–Crippen MR) is 175 cm³/mol. The molecule has 4 heterocycles. The number of likely N-dealkylation sites (N-methyl/N-ethyl adjacent to an activating group) is 1. The minimum atomic E-state index is -4.71. The van der Waals surface area contributed by atoms with E-state index in [-0.39, 0.29) is 54.4 Å². The highest BCUT2D eigenvalue weighted by atomic mass is 35.5. The van der Waals surface area contributed by atoms with E-state index in [0.717, 1.165) is 11.0 Å². The number of ether oxygens (including phenoxy) is 1. The third kappa shape index (κ3) is 6.35. The Kier molecular flexibility index (Phi) is 9.16. The third-order valence-electron chi connectivity index (χ3n) is 9.13. The highest BCUT2D eigenvalue weighted by Gasteiger charge is 2.47. The maximum absolute atomic E-state index is 14.0. The van der Waals surface area contributed by atoms with Crippen LogP contribution in [0.2, 0.25) is 5.02 Å². The number of likely N-dealkylation sites (tertiary alicyclic amines) is 1. The third-order valence-corrected chi connectivity index (χ3v) is 9.37. The number of urea groups is 1. The fourth-order valence-corrected chi connectivity index (χ4v) is 6.95. The van der Waals surface area contributed by atoms with Crippen molar-refractivity contribution in [3.63, 3.8) is 0 Å². The lowest BCUT2D eigenvalue weighted by atomic mass is 10.0. The number of halogens is 4. The number of carbonyl (C=O) groups excluding carboxylic acids is 3. The number of rotatable bonds is 8. The molecule has 4 amide bonds. The van der Waals surface area contributed by atoms with Gasteiger partial charge in [-0.2, -0.15) is 13.2 Å². The Balaban J connectivity index is 1.36.